The molecule has 0 aliphatic heterocycles. The largest absolute Gasteiger partial charge is 0.306 e. The van der Waals surface area contributed by atoms with Gasteiger partial charge in [-0.3, -0.25) is 14.9 Å². The lowest BCUT2D eigenvalue weighted by molar-refractivity contribution is -0.384. The molecule has 0 spiro atoms. The number of nitrogens with one attached hydrogen (secondary N) is 1. The smallest absolute Gasteiger partial charge is 0.269 e. The molecule has 6 nitrogen and oxygen atoms in total. The molecular weight excluding hydrogens is 326 g/mol. The van der Waals surface area contributed by atoms with Crippen molar-refractivity contribution in [2.75, 3.05) is 0 Å². The third-order valence-electron chi connectivity index (χ3n) is 2.79. The summed E-state index contributed by atoms with van der Waals surface area (Å²) in [6, 6.07) is 5.89. The summed E-state index contributed by atoms with van der Waals surface area (Å²) >= 11 is 3.22. The first-order valence-electron chi connectivity index (χ1n) is 5.94. The third-order valence-corrected chi connectivity index (χ3v) is 3.55. The third kappa shape index (κ3) is 2.77. The van der Waals surface area contributed by atoms with Crippen molar-refractivity contribution in [2.24, 2.45) is 0 Å². The molecule has 2 aromatic rings. The zero-order valence-corrected chi connectivity index (χ0v) is 12.5. The number of H-pyrrole nitrogens is 1. The van der Waals surface area contributed by atoms with Crippen molar-refractivity contribution in [1.82, 2.24) is 9.97 Å². The van der Waals surface area contributed by atoms with Gasteiger partial charge in [0.15, 0.2) is 0 Å². The van der Waals surface area contributed by atoms with Crippen molar-refractivity contribution >= 4 is 21.6 Å². The maximum Gasteiger partial charge on any atom is 0.269 e. The van der Waals surface area contributed by atoms with Crippen molar-refractivity contribution < 1.29 is 4.92 Å². The number of non-ortho nitro benzene ring substituents is 1. The Balaban J connectivity index is 2.53. The lowest BCUT2D eigenvalue weighted by Gasteiger charge is -2.09. The average molecular weight is 338 g/mol. The van der Waals surface area contributed by atoms with Crippen molar-refractivity contribution in [2.45, 2.75) is 19.8 Å². The highest BCUT2D eigenvalue weighted by atomic mass is 79.9. The first-order chi connectivity index (χ1) is 9.40. The molecule has 1 N–H and O–H groups in total. The number of nitro groups is 1. The second-order valence-electron chi connectivity index (χ2n) is 4.57. The second kappa shape index (κ2) is 5.54. The molecule has 1 heterocycles. The molecule has 0 radical (unpaired) electrons. The van der Waals surface area contributed by atoms with E-state index in [0.717, 1.165) is 0 Å². The van der Waals surface area contributed by atoms with Crippen LogP contribution in [0.25, 0.3) is 11.4 Å². The minimum atomic E-state index is -0.471. The van der Waals surface area contributed by atoms with E-state index >= 15 is 0 Å². The molecule has 0 fully saturated rings. The number of hydrogen-bond donors (Lipinski definition) is 1. The number of benzene rings is 1. The number of hydrogen-bond acceptors (Lipinski definition) is 4. The molecule has 0 atom stereocenters. The van der Waals surface area contributed by atoms with Crippen molar-refractivity contribution in [1.29, 1.82) is 0 Å². The molecule has 1 aromatic carbocycles. The van der Waals surface area contributed by atoms with Crippen molar-refractivity contribution in [3.8, 4) is 11.4 Å². The molecule has 1 aromatic heterocycles. The van der Waals surface area contributed by atoms with E-state index in [2.05, 4.69) is 25.9 Å². The SMILES string of the molecule is CC(C)c1nc(-c2ccc([N+](=O)[O-])cc2)[nH]c(=O)c1Br. The minimum absolute atomic E-state index is 0.00251. The van der Waals surface area contributed by atoms with E-state index in [1.807, 2.05) is 13.8 Å². The van der Waals surface area contributed by atoms with Gasteiger partial charge in [0.1, 0.15) is 10.3 Å². The van der Waals surface area contributed by atoms with E-state index in [9.17, 15) is 14.9 Å². The molecule has 104 valence electrons. The zero-order valence-electron chi connectivity index (χ0n) is 10.9. The van der Waals surface area contributed by atoms with Gasteiger partial charge in [-0.15, -0.1) is 0 Å². The molecule has 0 bridgehead atoms. The molecule has 0 amide bonds. The quantitative estimate of drug-likeness (QED) is 0.687. The van der Waals surface area contributed by atoms with Crippen LogP contribution in [0.4, 0.5) is 5.69 Å². The van der Waals surface area contributed by atoms with Gasteiger partial charge in [-0.2, -0.15) is 0 Å². The Kier molecular flexibility index (Phi) is 3.99. The molecule has 0 aliphatic rings. The Bertz CT molecular complexity index is 708. The van der Waals surface area contributed by atoms with Crippen LogP contribution in [-0.4, -0.2) is 14.9 Å². The maximum absolute atomic E-state index is 11.9. The minimum Gasteiger partial charge on any atom is -0.306 e. The Hall–Kier alpha value is -2.02. The molecule has 0 aliphatic carbocycles. The second-order valence-corrected chi connectivity index (χ2v) is 5.37. The fourth-order valence-electron chi connectivity index (χ4n) is 1.74. The Morgan fingerprint density at radius 1 is 1.30 bits per heavy atom. The summed E-state index contributed by atoms with van der Waals surface area (Å²) in [6.45, 7) is 3.87. The zero-order chi connectivity index (χ0) is 14.9. The maximum atomic E-state index is 11.9. The van der Waals surface area contributed by atoms with Crippen LogP contribution in [0.15, 0.2) is 33.5 Å². The number of aromatic amines is 1. The first kappa shape index (κ1) is 14.4. The van der Waals surface area contributed by atoms with Gasteiger partial charge >= 0.3 is 0 Å². The number of nitrogens with zero attached hydrogens (tertiary/aromatic N) is 2. The Labute approximate surface area is 123 Å². The van der Waals surface area contributed by atoms with Gasteiger partial charge in [0.05, 0.1) is 10.6 Å². The Morgan fingerprint density at radius 2 is 1.90 bits per heavy atom. The summed E-state index contributed by atoms with van der Waals surface area (Å²) in [6.07, 6.45) is 0. The first-order valence-corrected chi connectivity index (χ1v) is 6.74. The van der Waals surface area contributed by atoms with Crippen LogP contribution < -0.4 is 5.56 Å². The lowest BCUT2D eigenvalue weighted by Crippen LogP contribution is -2.14. The molecule has 7 heteroatoms. The molecule has 0 saturated heterocycles. The summed E-state index contributed by atoms with van der Waals surface area (Å²) < 4.78 is 0.415. The lowest BCUT2D eigenvalue weighted by atomic mass is 10.1. The van der Waals surface area contributed by atoms with E-state index in [0.29, 0.717) is 21.6 Å². The van der Waals surface area contributed by atoms with Crippen LogP contribution in [0.2, 0.25) is 0 Å². The van der Waals surface area contributed by atoms with Gasteiger partial charge in [-0.1, -0.05) is 13.8 Å². The van der Waals surface area contributed by atoms with Gasteiger partial charge < -0.3 is 4.98 Å². The fraction of sp³-hybridized carbons (Fsp3) is 0.231. The topological polar surface area (TPSA) is 88.9 Å². The molecular formula is C13H12BrN3O3. The highest BCUT2D eigenvalue weighted by molar-refractivity contribution is 9.10. The summed E-state index contributed by atoms with van der Waals surface area (Å²) in [5.41, 5.74) is 1.01. The van der Waals surface area contributed by atoms with Crippen LogP contribution in [0, 0.1) is 10.1 Å². The van der Waals surface area contributed by atoms with Crippen LogP contribution >= 0.6 is 15.9 Å². The van der Waals surface area contributed by atoms with Crippen LogP contribution in [0.1, 0.15) is 25.5 Å². The summed E-state index contributed by atoms with van der Waals surface area (Å²) in [7, 11) is 0. The highest BCUT2D eigenvalue weighted by Gasteiger charge is 2.14. The standard InChI is InChI=1S/C13H12BrN3O3/c1-7(2)11-10(14)13(18)16-12(15-11)8-3-5-9(6-4-8)17(19)20/h3-7H,1-2H3,(H,15,16,18). The van der Waals surface area contributed by atoms with E-state index in [4.69, 9.17) is 0 Å². The predicted octanol–water partition coefficient (Wildman–Crippen LogP) is 3.23. The van der Waals surface area contributed by atoms with E-state index in [1.54, 1.807) is 12.1 Å². The highest BCUT2D eigenvalue weighted by Crippen LogP contribution is 2.23. The van der Waals surface area contributed by atoms with Crippen molar-refractivity contribution in [3.05, 3.63) is 54.9 Å². The fourth-order valence-corrected chi connectivity index (χ4v) is 2.38. The number of halogens is 1. The number of rotatable bonds is 3. The van der Waals surface area contributed by atoms with Crippen LogP contribution in [-0.2, 0) is 0 Å². The normalized spacial score (nSPS) is 10.8. The summed E-state index contributed by atoms with van der Waals surface area (Å²) in [5.74, 6) is 0.486. The number of aromatic nitrogens is 2. The van der Waals surface area contributed by atoms with Gasteiger partial charge in [0.2, 0.25) is 0 Å². The van der Waals surface area contributed by atoms with Crippen LogP contribution in [0.5, 0.6) is 0 Å². The summed E-state index contributed by atoms with van der Waals surface area (Å²) in [5, 5.41) is 10.6. The number of nitro benzene ring substituents is 1. The predicted molar refractivity (Wildman–Crippen MR) is 78.7 cm³/mol. The van der Waals surface area contributed by atoms with Gasteiger partial charge in [-0.05, 0) is 34.0 Å². The molecule has 0 saturated carbocycles. The molecule has 20 heavy (non-hydrogen) atoms. The monoisotopic (exact) mass is 337 g/mol. The summed E-state index contributed by atoms with van der Waals surface area (Å²) in [4.78, 5) is 29.1. The van der Waals surface area contributed by atoms with E-state index in [1.165, 1.54) is 12.1 Å². The van der Waals surface area contributed by atoms with Crippen LogP contribution in [0.3, 0.4) is 0 Å². The molecule has 0 unspecified atom stereocenters. The average Bonchev–Trinajstić information content (AvgIpc) is 2.41. The Morgan fingerprint density at radius 3 is 2.40 bits per heavy atom. The van der Waals surface area contributed by atoms with E-state index < -0.39 is 4.92 Å². The van der Waals surface area contributed by atoms with Gasteiger partial charge in [-0.25, -0.2) is 4.98 Å². The van der Waals surface area contributed by atoms with E-state index in [-0.39, 0.29) is 17.2 Å². The van der Waals surface area contributed by atoms with Gasteiger partial charge in [0, 0.05) is 17.7 Å². The molecule has 2 rings (SSSR count). The van der Waals surface area contributed by atoms with Crippen molar-refractivity contribution in [3.63, 3.8) is 0 Å². The van der Waals surface area contributed by atoms with Gasteiger partial charge in [0.25, 0.3) is 11.2 Å².